The summed E-state index contributed by atoms with van der Waals surface area (Å²) in [6.07, 6.45) is -2.67. The standard InChI is InChI=1S/C20H19F3N2O5S/c1-31-8-7-15(19(29)30)25-18(28)14-10-13(5-6-16(14)26)24-17(27)11-3-2-4-12(9-11)20(21,22)23/h2-6,9-10,15,26H,7-8H2,1H3,(H,24,27)(H,25,28)(H,29,30). The maximum atomic E-state index is 12.8. The molecule has 2 aromatic carbocycles. The molecular formula is C20H19F3N2O5S. The first kappa shape index (κ1) is 24.1. The van der Waals surface area contributed by atoms with Crippen LogP contribution in [0.4, 0.5) is 18.9 Å². The summed E-state index contributed by atoms with van der Waals surface area (Å²) in [4.78, 5) is 36.1. The van der Waals surface area contributed by atoms with Crippen LogP contribution in [0.5, 0.6) is 5.75 Å². The SMILES string of the molecule is CSCCC(NC(=O)c1cc(NC(=O)c2cccc(C(F)(F)F)c2)ccc1O)C(=O)O. The molecule has 7 nitrogen and oxygen atoms in total. The quantitative estimate of drug-likeness (QED) is 0.451. The third kappa shape index (κ3) is 6.64. The van der Waals surface area contributed by atoms with Crippen LogP contribution in [0.2, 0.25) is 0 Å². The van der Waals surface area contributed by atoms with E-state index in [9.17, 15) is 37.8 Å². The van der Waals surface area contributed by atoms with E-state index in [1.54, 1.807) is 6.26 Å². The number of halogens is 3. The first-order valence-corrected chi connectivity index (χ1v) is 10.3. The molecule has 2 aromatic rings. The molecule has 0 radical (unpaired) electrons. The maximum absolute atomic E-state index is 12.8. The van der Waals surface area contributed by atoms with Gasteiger partial charge in [-0.2, -0.15) is 24.9 Å². The number of alkyl halides is 3. The van der Waals surface area contributed by atoms with Gasteiger partial charge in [-0.3, -0.25) is 9.59 Å². The van der Waals surface area contributed by atoms with Crippen molar-refractivity contribution in [2.75, 3.05) is 17.3 Å². The van der Waals surface area contributed by atoms with Gasteiger partial charge in [-0.05, 0) is 54.8 Å². The molecule has 4 N–H and O–H groups in total. The number of carboxylic acid groups (broad SMARTS) is 1. The Labute approximate surface area is 179 Å². The topological polar surface area (TPSA) is 116 Å². The van der Waals surface area contributed by atoms with Crippen LogP contribution in [0.25, 0.3) is 0 Å². The number of anilines is 1. The average molecular weight is 456 g/mol. The van der Waals surface area contributed by atoms with Crippen LogP contribution in [-0.2, 0) is 11.0 Å². The molecule has 0 fully saturated rings. The molecule has 2 amide bonds. The van der Waals surface area contributed by atoms with Gasteiger partial charge in [0.1, 0.15) is 11.8 Å². The summed E-state index contributed by atoms with van der Waals surface area (Å²) in [6, 6.07) is 6.08. The molecule has 0 aromatic heterocycles. The number of aromatic hydroxyl groups is 1. The van der Waals surface area contributed by atoms with Crippen molar-refractivity contribution in [1.29, 1.82) is 0 Å². The first-order chi connectivity index (χ1) is 14.5. The number of amides is 2. The first-order valence-electron chi connectivity index (χ1n) is 8.87. The number of carbonyl (C=O) groups excluding carboxylic acids is 2. The number of thioether (sulfide) groups is 1. The molecule has 0 aliphatic heterocycles. The predicted molar refractivity (Wildman–Crippen MR) is 109 cm³/mol. The summed E-state index contributed by atoms with van der Waals surface area (Å²) in [7, 11) is 0. The van der Waals surface area contributed by atoms with Crippen molar-refractivity contribution in [3.8, 4) is 5.75 Å². The van der Waals surface area contributed by atoms with Crippen molar-refractivity contribution in [1.82, 2.24) is 5.32 Å². The number of hydrogen-bond acceptors (Lipinski definition) is 5. The van der Waals surface area contributed by atoms with E-state index in [0.717, 1.165) is 24.3 Å². The number of carbonyl (C=O) groups is 3. The Morgan fingerprint density at radius 2 is 1.81 bits per heavy atom. The molecule has 11 heteroatoms. The third-order valence-electron chi connectivity index (χ3n) is 4.17. The number of carboxylic acids is 1. The van der Waals surface area contributed by atoms with Crippen LogP contribution in [0, 0.1) is 0 Å². The number of aliphatic carboxylic acids is 1. The highest BCUT2D eigenvalue weighted by atomic mass is 32.2. The minimum absolute atomic E-state index is 0.0290. The summed E-state index contributed by atoms with van der Waals surface area (Å²) >= 11 is 1.40. The van der Waals surface area contributed by atoms with Gasteiger partial charge in [0.25, 0.3) is 11.8 Å². The molecule has 0 spiro atoms. The molecule has 166 valence electrons. The highest BCUT2D eigenvalue weighted by molar-refractivity contribution is 7.98. The molecule has 0 saturated carbocycles. The second-order valence-electron chi connectivity index (χ2n) is 6.41. The fraction of sp³-hybridized carbons (Fsp3) is 0.250. The Balaban J connectivity index is 2.20. The number of hydrogen-bond donors (Lipinski definition) is 4. The molecule has 2 rings (SSSR count). The zero-order valence-electron chi connectivity index (χ0n) is 16.2. The molecule has 31 heavy (non-hydrogen) atoms. The van der Waals surface area contributed by atoms with Gasteiger partial charge >= 0.3 is 12.1 Å². The Morgan fingerprint density at radius 3 is 2.42 bits per heavy atom. The predicted octanol–water partition coefficient (Wildman–Crippen LogP) is 3.60. The summed E-state index contributed by atoms with van der Waals surface area (Å²) in [5.74, 6) is -2.94. The highest BCUT2D eigenvalue weighted by Crippen LogP contribution is 2.30. The second kappa shape index (κ2) is 10.2. The van der Waals surface area contributed by atoms with E-state index in [0.29, 0.717) is 11.8 Å². The van der Waals surface area contributed by atoms with Crippen LogP contribution >= 0.6 is 11.8 Å². The van der Waals surface area contributed by atoms with Crippen LogP contribution in [0.1, 0.15) is 32.7 Å². The Hall–Kier alpha value is -3.21. The monoisotopic (exact) mass is 456 g/mol. The number of phenols is 1. The number of rotatable bonds is 8. The third-order valence-corrected chi connectivity index (χ3v) is 4.81. The fourth-order valence-electron chi connectivity index (χ4n) is 2.56. The van der Waals surface area contributed by atoms with Crippen molar-refractivity contribution in [3.05, 3.63) is 59.2 Å². The number of nitrogens with one attached hydrogen (secondary N) is 2. The van der Waals surface area contributed by atoms with E-state index in [1.165, 1.54) is 23.9 Å². The average Bonchev–Trinajstić information content (AvgIpc) is 2.71. The maximum Gasteiger partial charge on any atom is 0.416 e. The van der Waals surface area contributed by atoms with Crippen molar-refractivity contribution in [2.45, 2.75) is 18.6 Å². The Morgan fingerprint density at radius 1 is 1.10 bits per heavy atom. The lowest BCUT2D eigenvalue weighted by Gasteiger charge is -2.15. The lowest BCUT2D eigenvalue weighted by atomic mass is 10.1. The zero-order valence-corrected chi connectivity index (χ0v) is 17.0. The minimum Gasteiger partial charge on any atom is -0.507 e. The molecule has 0 aliphatic carbocycles. The van der Waals surface area contributed by atoms with Gasteiger partial charge in [0, 0.05) is 11.3 Å². The normalized spacial score (nSPS) is 12.1. The van der Waals surface area contributed by atoms with E-state index in [2.05, 4.69) is 10.6 Å². The highest BCUT2D eigenvalue weighted by Gasteiger charge is 2.31. The Bertz CT molecular complexity index is 982. The van der Waals surface area contributed by atoms with E-state index in [1.807, 2.05) is 0 Å². The molecule has 1 atom stereocenters. The summed E-state index contributed by atoms with van der Waals surface area (Å²) in [5.41, 5.74) is -1.51. The molecule has 0 saturated heterocycles. The molecular weight excluding hydrogens is 437 g/mol. The lowest BCUT2D eigenvalue weighted by Crippen LogP contribution is -2.41. The summed E-state index contributed by atoms with van der Waals surface area (Å²) < 4.78 is 38.5. The second-order valence-corrected chi connectivity index (χ2v) is 7.40. The van der Waals surface area contributed by atoms with E-state index < -0.39 is 41.3 Å². The van der Waals surface area contributed by atoms with Gasteiger partial charge in [-0.15, -0.1) is 0 Å². The van der Waals surface area contributed by atoms with Crippen molar-refractivity contribution in [2.24, 2.45) is 0 Å². The summed E-state index contributed by atoms with van der Waals surface area (Å²) in [5, 5.41) is 23.8. The van der Waals surface area contributed by atoms with Gasteiger partial charge in [0.05, 0.1) is 11.1 Å². The fourth-order valence-corrected chi connectivity index (χ4v) is 3.04. The van der Waals surface area contributed by atoms with Crippen LogP contribution < -0.4 is 10.6 Å². The molecule has 0 bridgehead atoms. The van der Waals surface area contributed by atoms with E-state index >= 15 is 0 Å². The van der Waals surface area contributed by atoms with Crippen LogP contribution in [0.15, 0.2) is 42.5 Å². The van der Waals surface area contributed by atoms with Crippen molar-refractivity contribution >= 4 is 35.2 Å². The number of benzene rings is 2. The molecule has 0 aliphatic rings. The summed E-state index contributed by atoms with van der Waals surface area (Å²) in [6.45, 7) is 0. The van der Waals surface area contributed by atoms with Gasteiger partial charge in [-0.1, -0.05) is 6.07 Å². The van der Waals surface area contributed by atoms with Crippen molar-refractivity contribution < 1.29 is 37.8 Å². The van der Waals surface area contributed by atoms with Gasteiger partial charge in [0.2, 0.25) is 0 Å². The minimum atomic E-state index is -4.61. The van der Waals surface area contributed by atoms with Gasteiger partial charge in [-0.25, -0.2) is 4.79 Å². The van der Waals surface area contributed by atoms with Crippen LogP contribution in [-0.4, -0.2) is 46.0 Å². The number of phenolic OH excluding ortho intramolecular Hbond substituents is 1. The Kier molecular flexibility index (Phi) is 7.92. The van der Waals surface area contributed by atoms with Gasteiger partial charge in [0.15, 0.2) is 0 Å². The zero-order chi connectivity index (χ0) is 23.2. The van der Waals surface area contributed by atoms with E-state index in [-0.39, 0.29) is 23.2 Å². The van der Waals surface area contributed by atoms with E-state index in [4.69, 9.17) is 0 Å². The largest absolute Gasteiger partial charge is 0.507 e. The molecule has 0 heterocycles. The molecule has 1 unspecified atom stereocenters. The smallest absolute Gasteiger partial charge is 0.416 e. The van der Waals surface area contributed by atoms with Gasteiger partial charge < -0.3 is 20.8 Å². The lowest BCUT2D eigenvalue weighted by molar-refractivity contribution is -0.139. The van der Waals surface area contributed by atoms with Crippen LogP contribution in [0.3, 0.4) is 0 Å². The van der Waals surface area contributed by atoms with Crippen molar-refractivity contribution in [3.63, 3.8) is 0 Å².